The molecule has 6 atom stereocenters. The van der Waals surface area contributed by atoms with Crippen molar-refractivity contribution in [3.63, 3.8) is 0 Å². The number of nitrogens with zero attached hydrogens (tertiary/aromatic N) is 1. The third kappa shape index (κ3) is 8.18. The first-order chi connectivity index (χ1) is 20.3. The number of ether oxygens (including phenoxy) is 2. The minimum absolute atomic E-state index is 0.185. The first-order valence-corrected chi connectivity index (χ1v) is 14.2. The van der Waals surface area contributed by atoms with Crippen LogP contribution in [0.25, 0.3) is 0 Å². The van der Waals surface area contributed by atoms with Crippen molar-refractivity contribution >= 4 is 13.7 Å². The summed E-state index contributed by atoms with van der Waals surface area (Å²) in [6, 6.07) is 13.9. The SMILES string of the molecule is C[C@H](N[P@](=O)(Oc1ccccc1)O[C@@H]([C@H]1O[C@@H](n2cc(F)c(=O)[nH]c2=O)C[C@@H]1O)C(F)(F)F)C(=O)OCc1ccccc1. The molecule has 0 bridgehead atoms. The molecule has 2 aromatic carbocycles. The number of aliphatic hydroxyl groups is 1. The van der Waals surface area contributed by atoms with Gasteiger partial charge in [-0.1, -0.05) is 48.5 Å². The molecule has 3 aromatic rings. The highest BCUT2D eigenvalue weighted by atomic mass is 31.2. The highest BCUT2D eigenvalue weighted by Crippen LogP contribution is 2.50. The molecule has 1 aliphatic rings. The monoisotopic (exact) mass is 631 g/mol. The van der Waals surface area contributed by atoms with Crippen LogP contribution in [0.4, 0.5) is 17.6 Å². The third-order valence-electron chi connectivity index (χ3n) is 6.14. The summed E-state index contributed by atoms with van der Waals surface area (Å²) in [5.41, 5.74) is -1.96. The van der Waals surface area contributed by atoms with Crippen molar-refractivity contribution in [3.05, 3.63) is 99.1 Å². The molecule has 1 saturated heterocycles. The number of aromatic nitrogens is 2. The topological polar surface area (TPSA) is 158 Å². The van der Waals surface area contributed by atoms with Gasteiger partial charge in [0, 0.05) is 6.42 Å². The minimum Gasteiger partial charge on any atom is -0.460 e. The predicted molar refractivity (Wildman–Crippen MR) is 140 cm³/mol. The number of alkyl halides is 3. The largest absolute Gasteiger partial charge is 0.460 e. The molecule has 0 unspecified atom stereocenters. The Kier molecular flexibility index (Phi) is 9.87. The Morgan fingerprint density at radius 1 is 1.16 bits per heavy atom. The summed E-state index contributed by atoms with van der Waals surface area (Å²) < 4.78 is 91.8. The maximum absolute atomic E-state index is 14.4. The number of nitrogens with one attached hydrogen (secondary N) is 2. The number of hydrogen-bond acceptors (Lipinski definition) is 9. The number of esters is 1. The molecule has 3 N–H and O–H groups in total. The molecular weight excluding hydrogens is 605 g/mol. The second kappa shape index (κ2) is 13.2. The van der Waals surface area contributed by atoms with Gasteiger partial charge in [-0.05, 0) is 24.6 Å². The van der Waals surface area contributed by atoms with Crippen molar-refractivity contribution in [2.24, 2.45) is 0 Å². The number of hydrogen-bond donors (Lipinski definition) is 3. The van der Waals surface area contributed by atoms with Crippen molar-refractivity contribution in [3.8, 4) is 5.75 Å². The summed E-state index contributed by atoms with van der Waals surface area (Å²) in [7, 11) is -5.13. The minimum atomic E-state index is -5.35. The van der Waals surface area contributed by atoms with E-state index in [1.165, 1.54) is 24.3 Å². The summed E-state index contributed by atoms with van der Waals surface area (Å²) in [5.74, 6) is -2.61. The maximum atomic E-state index is 14.4. The molecule has 12 nitrogen and oxygen atoms in total. The summed E-state index contributed by atoms with van der Waals surface area (Å²) in [5, 5.41) is 12.6. The molecule has 43 heavy (non-hydrogen) atoms. The lowest BCUT2D eigenvalue weighted by Crippen LogP contribution is -2.48. The molecule has 1 fully saturated rings. The number of halogens is 4. The number of benzene rings is 2. The van der Waals surface area contributed by atoms with E-state index in [-0.39, 0.29) is 12.4 Å². The Bertz CT molecular complexity index is 1570. The van der Waals surface area contributed by atoms with Gasteiger partial charge >= 0.3 is 25.6 Å². The van der Waals surface area contributed by atoms with E-state index in [4.69, 9.17) is 18.5 Å². The van der Waals surface area contributed by atoms with Gasteiger partial charge in [-0.15, -0.1) is 0 Å². The Morgan fingerprint density at radius 3 is 2.42 bits per heavy atom. The summed E-state index contributed by atoms with van der Waals surface area (Å²) in [4.78, 5) is 37.7. The van der Waals surface area contributed by atoms with Gasteiger partial charge in [0.15, 0.2) is 6.10 Å². The van der Waals surface area contributed by atoms with Gasteiger partial charge in [0.2, 0.25) is 5.82 Å². The average molecular weight is 631 g/mol. The van der Waals surface area contributed by atoms with Crippen LogP contribution in [0, 0.1) is 5.82 Å². The zero-order chi connectivity index (χ0) is 31.4. The molecule has 0 saturated carbocycles. The predicted octanol–water partition coefficient (Wildman–Crippen LogP) is 3.18. The molecule has 2 heterocycles. The fraction of sp³-hybridized carbons (Fsp3) is 0.346. The van der Waals surface area contributed by atoms with Crippen molar-refractivity contribution in [1.29, 1.82) is 0 Å². The number of carbonyl (C=O) groups excluding carboxylic acids is 1. The van der Waals surface area contributed by atoms with Gasteiger partial charge in [0.1, 0.15) is 30.7 Å². The van der Waals surface area contributed by atoms with Crippen LogP contribution >= 0.6 is 7.75 Å². The maximum Gasteiger partial charge on any atom is 0.460 e. The first kappa shape index (κ1) is 32.1. The van der Waals surface area contributed by atoms with E-state index in [0.29, 0.717) is 16.3 Å². The van der Waals surface area contributed by atoms with Gasteiger partial charge in [0.25, 0.3) is 5.56 Å². The Hall–Kier alpha value is -3.82. The van der Waals surface area contributed by atoms with E-state index in [9.17, 15) is 41.6 Å². The lowest BCUT2D eigenvalue weighted by molar-refractivity contribution is -0.237. The quantitative estimate of drug-likeness (QED) is 0.163. The Morgan fingerprint density at radius 2 is 1.79 bits per heavy atom. The number of rotatable bonds is 11. The second-order valence-electron chi connectivity index (χ2n) is 9.42. The fourth-order valence-electron chi connectivity index (χ4n) is 4.09. The highest BCUT2D eigenvalue weighted by Gasteiger charge is 2.56. The van der Waals surface area contributed by atoms with E-state index in [0.717, 1.165) is 6.92 Å². The van der Waals surface area contributed by atoms with Gasteiger partial charge < -0.3 is 19.1 Å². The standard InChI is InChI=1S/C26H26F4N3O9P/c1-15(24(36)39-14-16-8-4-2-5-9-16)32-43(38,41-17-10-6-3-7-11-17)42-22(26(28,29)30)21-19(34)12-20(40-21)33-13-18(27)23(35)31-25(33)37/h2-11,13,15,19-22,34H,12,14H2,1H3,(H,32,38)(H,31,35,37)/t15-,19-,20+,21-,22-,43-/m0/s1. The van der Waals surface area contributed by atoms with Gasteiger partial charge in [-0.25, -0.2) is 9.36 Å². The Balaban J connectivity index is 1.58. The van der Waals surface area contributed by atoms with Crippen LogP contribution in [0.1, 0.15) is 25.1 Å². The molecule has 0 spiro atoms. The van der Waals surface area contributed by atoms with Crippen LogP contribution in [0.2, 0.25) is 0 Å². The van der Waals surface area contributed by atoms with Gasteiger partial charge in [-0.3, -0.25) is 23.7 Å². The normalized spacial score (nSPS) is 21.5. The van der Waals surface area contributed by atoms with Crippen LogP contribution in [0.5, 0.6) is 5.75 Å². The van der Waals surface area contributed by atoms with Crippen LogP contribution in [-0.2, 0) is 30.0 Å². The van der Waals surface area contributed by atoms with E-state index >= 15 is 0 Å². The molecule has 17 heteroatoms. The van der Waals surface area contributed by atoms with E-state index in [1.54, 1.807) is 41.4 Å². The number of para-hydroxylation sites is 1. The molecule has 1 aromatic heterocycles. The van der Waals surface area contributed by atoms with E-state index < -0.39 is 74.0 Å². The highest BCUT2D eigenvalue weighted by molar-refractivity contribution is 7.52. The van der Waals surface area contributed by atoms with Crippen LogP contribution in [-0.4, -0.2) is 51.2 Å². The van der Waals surface area contributed by atoms with Crippen LogP contribution in [0.15, 0.2) is 76.4 Å². The summed E-state index contributed by atoms with van der Waals surface area (Å²) in [6.07, 6.45) is -14.7. The zero-order valence-electron chi connectivity index (χ0n) is 22.3. The van der Waals surface area contributed by atoms with E-state index in [2.05, 4.69) is 5.09 Å². The van der Waals surface area contributed by atoms with E-state index in [1.807, 2.05) is 0 Å². The molecule has 232 valence electrons. The fourth-order valence-corrected chi connectivity index (χ4v) is 5.77. The van der Waals surface area contributed by atoms with Crippen molar-refractivity contribution < 1.29 is 50.5 Å². The van der Waals surface area contributed by atoms with Crippen molar-refractivity contribution in [1.82, 2.24) is 14.6 Å². The van der Waals surface area contributed by atoms with Crippen LogP contribution < -0.4 is 20.9 Å². The second-order valence-corrected chi connectivity index (χ2v) is 11.1. The van der Waals surface area contributed by atoms with Gasteiger partial charge in [0.05, 0.1) is 12.3 Å². The average Bonchev–Trinajstić information content (AvgIpc) is 3.33. The first-order valence-electron chi connectivity index (χ1n) is 12.7. The number of aliphatic hydroxyl groups excluding tert-OH is 1. The zero-order valence-corrected chi connectivity index (χ0v) is 23.2. The molecular formula is C26H26F4N3O9P. The Labute approximate surface area is 240 Å². The third-order valence-corrected chi connectivity index (χ3v) is 7.80. The lowest BCUT2D eigenvalue weighted by atomic mass is 10.1. The molecule has 1 aliphatic heterocycles. The van der Waals surface area contributed by atoms with Crippen molar-refractivity contribution in [2.75, 3.05) is 0 Å². The number of aromatic amines is 1. The van der Waals surface area contributed by atoms with Gasteiger partial charge in [-0.2, -0.15) is 22.6 Å². The number of H-pyrrole nitrogens is 1. The lowest BCUT2D eigenvalue weighted by Gasteiger charge is -2.31. The molecule has 0 amide bonds. The molecule has 4 rings (SSSR count). The smallest absolute Gasteiger partial charge is 0.460 e. The van der Waals surface area contributed by atoms with Crippen LogP contribution in [0.3, 0.4) is 0 Å². The molecule has 0 aliphatic carbocycles. The van der Waals surface area contributed by atoms with Crippen molar-refractivity contribution in [2.45, 2.75) is 56.7 Å². The summed E-state index contributed by atoms with van der Waals surface area (Å²) in [6.45, 7) is 0.976. The number of carbonyl (C=O) groups is 1. The summed E-state index contributed by atoms with van der Waals surface area (Å²) >= 11 is 0. The molecule has 0 radical (unpaired) electrons.